The van der Waals surface area contributed by atoms with Gasteiger partial charge in [0.2, 0.25) is 5.95 Å². The maximum absolute atomic E-state index is 14.0. The van der Waals surface area contributed by atoms with Crippen molar-refractivity contribution in [1.29, 1.82) is 0 Å². The van der Waals surface area contributed by atoms with Crippen molar-refractivity contribution >= 4 is 11.6 Å². The minimum absolute atomic E-state index is 0.0412. The molecule has 2 aliphatic heterocycles. The maximum atomic E-state index is 14.0. The molecule has 0 saturated carbocycles. The Morgan fingerprint density at radius 2 is 2.05 bits per heavy atom. The first-order chi connectivity index (χ1) is 20.5. The Kier molecular flexibility index (Phi) is 8.22. The second kappa shape index (κ2) is 12.4. The van der Waals surface area contributed by atoms with E-state index < -0.39 is 12.1 Å². The van der Waals surface area contributed by atoms with Crippen molar-refractivity contribution in [3.05, 3.63) is 83.7 Å². The molecule has 5 heterocycles. The van der Waals surface area contributed by atoms with Crippen LogP contribution in [-0.4, -0.2) is 70.6 Å². The molecule has 11 heteroatoms. The Bertz CT molecular complexity index is 1560. The van der Waals surface area contributed by atoms with Crippen molar-refractivity contribution in [2.45, 2.75) is 25.9 Å². The van der Waals surface area contributed by atoms with Gasteiger partial charge in [-0.05, 0) is 48.4 Å². The zero-order valence-corrected chi connectivity index (χ0v) is 23.6. The standard InChI is InChI=1S/C31H33FN6O4/c1-20-26(17-25(39)14-23-19-37(11-13-40-2)42-30(23)21-8-9-33-28(32)16-21)38(24-6-4-3-5-7-24)36-29(20)22-15-27-31(35-18-22)34-10-12-41-27/h3-9,15-16,18,23,30H,10-14,17,19H2,1-2H3,(H,34,35)/t23-,30+/m1/s1. The number of fused-ring (bicyclic) bond motifs is 1. The van der Waals surface area contributed by atoms with Crippen LogP contribution in [0.25, 0.3) is 16.9 Å². The number of halogens is 1. The third kappa shape index (κ3) is 5.89. The highest BCUT2D eigenvalue weighted by Gasteiger charge is 2.37. The minimum Gasteiger partial charge on any atom is -0.488 e. The zero-order valence-electron chi connectivity index (χ0n) is 23.6. The Morgan fingerprint density at radius 3 is 2.86 bits per heavy atom. The normalized spacial score (nSPS) is 18.4. The Labute approximate surface area is 243 Å². The molecule has 218 valence electrons. The molecule has 6 rings (SSSR count). The highest BCUT2D eigenvalue weighted by molar-refractivity contribution is 5.82. The molecular formula is C31H33FN6O4. The number of Topliss-reactive ketones (excluding diaryl/α,β-unsaturated/α-hetero) is 1. The second-order valence-electron chi connectivity index (χ2n) is 10.5. The van der Waals surface area contributed by atoms with E-state index in [-0.39, 0.29) is 24.5 Å². The molecule has 10 nitrogen and oxygen atoms in total. The van der Waals surface area contributed by atoms with Crippen molar-refractivity contribution in [1.82, 2.24) is 24.8 Å². The Balaban J connectivity index is 1.29. The van der Waals surface area contributed by atoms with Crippen LogP contribution in [0.4, 0.5) is 10.2 Å². The summed E-state index contributed by atoms with van der Waals surface area (Å²) in [5, 5.41) is 9.99. The lowest BCUT2D eigenvalue weighted by Gasteiger charge is -2.18. The van der Waals surface area contributed by atoms with Crippen LogP contribution in [0.3, 0.4) is 0 Å². The Hall–Kier alpha value is -4.19. The van der Waals surface area contributed by atoms with E-state index in [1.165, 1.54) is 12.3 Å². The van der Waals surface area contributed by atoms with Gasteiger partial charge in [0.1, 0.15) is 18.5 Å². The highest BCUT2D eigenvalue weighted by Crippen LogP contribution is 2.37. The fraction of sp³-hybridized carbons (Fsp3) is 0.355. The number of carbonyl (C=O) groups excluding carboxylic acids is 1. The number of rotatable bonds is 10. The van der Waals surface area contributed by atoms with Crippen molar-refractivity contribution in [3.8, 4) is 22.7 Å². The third-order valence-corrected chi connectivity index (χ3v) is 7.63. The average Bonchev–Trinajstić information content (AvgIpc) is 3.56. The van der Waals surface area contributed by atoms with Gasteiger partial charge in [-0.25, -0.2) is 14.6 Å². The van der Waals surface area contributed by atoms with Crippen LogP contribution in [0.2, 0.25) is 0 Å². The number of benzene rings is 1. The van der Waals surface area contributed by atoms with Crippen LogP contribution in [0.15, 0.2) is 60.9 Å². The van der Waals surface area contributed by atoms with Gasteiger partial charge in [0, 0.05) is 56.9 Å². The van der Waals surface area contributed by atoms with Gasteiger partial charge >= 0.3 is 0 Å². The molecule has 0 unspecified atom stereocenters. The molecule has 1 N–H and O–H groups in total. The van der Waals surface area contributed by atoms with Crippen LogP contribution in [0, 0.1) is 18.8 Å². The van der Waals surface area contributed by atoms with Crippen LogP contribution < -0.4 is 10.1 Å². The number of hydrogen-bond donors (Lipinski definition) is 1. The number of hydroxylamine groups is 2. The molecule has 42 heavy (non-hydrogen) atoms. The molecule has 1 fully saturated rings. The maximum Gasteiger partial charge on any atom is 0.213 e. The lowest BCUT2D eigenvalue weighted by atomic mass is 9.91. The fourth-order valence-corrected chi connectivity index (χ4v) is 5.58. The van der Waals surface area contributed by atoms with Gasteiger partial charge in [0.05, 0.1) is 30.2 Å². The summed E-state index contributed by atoms with van der Waals surface area (Å²) in [5.74, 6) is 0.688. The molecule has 0 amide bonds. The molecule has 0 spiro atoms. The summed E-state index contributed by atoms with van der Waals surface area (Å²) >= 11 is 0. The van der Waals surface area contributed by atoms with Crippen LogP contribution in [-0.2, 0) is 20.8 Å². The number of ketones is 1. The fourth-order valence-electron chi connectivity index (χ4n) is 5.58. The number of nitrogens with zero attached hydrogens (tertiary/aromatic N) is 5. The molecule has 4 aromatic rings. The van der Waals surface area contributed by atoms with Crippen molar-refractivity contribution in [2.75, 3.05) is 45.3 Å². The molecule has 0 radical (unpaired) electrons. The number of nitrogens with one attached hydrogen (secondary N) is 1. The van der Waals surface area contributed by atoms with E-state index in [0.29, 0.717) is 50.0 Å². The highest BCUT2D eigenvalue weighted by atomic mass is 19.1. The van der Waals surface area contributed by atoms with Gasteiger partial charge in [0.25, 0.3) is 0 Å². The van der Waals surface area contributed by atoms with E-state index in [9.17, 15) is 9.18 Å². The number of anilines is 1. The average molecular weight is 573 g/mol. The van der Waals surface area contributed by atoms with E-state index in [2.05, 4.69) is 15.3 Å². The van der Waals surface area contributed by atoms with Crippen LogP contribution >= 0.6 is 0 Å². The van der Waals surface area contributed by atoms with E-state index in [0.717, 1.165) is 28.2 Å². The van der Waals surface area contributed by atoms with Crippen molar-refractivity contribution < 1.29 is 23.5 Å². The third-order valence-electron chi connectivity index (χ3n) is 7.63. The molecule has 2 atom stereocenters. The number of aromatic nitrogens is 4. The van der Waals surface area contributed by atoms with Crippen LogP contribution in [0.5, 0.6) is 5.75 Å². The number of methoxy groups -OCH3 is 1. The van der Waals surface area contributed by atoms with E-state index in [4.69, 9.17) is 19.4 Å². The summed E-state index contributed by atoms with van der Waals surface area (Å²) in [7, 11) is 1.63. The van der Waals surface area contributed by atoms with Gasteiger partial charge in [-0.3, -0.25) is 9.63 Å². The van der Waals surface area contributed by atoms with Gasteiger partial charge in [-0.15, -0.1) is 0 Å². The van der Waals surface area contributed by atoms with Gasteiger partial charge in [-0.2, -0.15) is 14.6 Å². The summed E-state index contributed by atoms with van der Waals surface area (Å²) in [6.07, 6.45) is 3.17. The number of para-hydroxylation sites is 1. The van der Waals surface area contributed by atoms with E-state index >= 15 is 0 Å². The second-order valence-corrected chi connectivity index (χ2v) is 10.5. The summed E-state index contributed by atoms with van der Waals surface area (Å²) in [5.41, 5.74) is 4.78. The largest absolute Gasteiger partial charge is 0.488 e. The summed E-state index contributed by atoms with van der Waals surface area (Å²) in [6, 6.07) is 14.8. The first-order valence-corrected chi connectivity index (χ1v) is 14.0. The minimum atomic E-state index is -0.579. The zero-order chi connectivity index (χ0) is 29.1. The predicted molar refractivity (Wildman–Crippen MR) is 154 cm³/mol. The molecule has 0 bridgehead atoms. The van der Waals surface area contributed by atoms with Gasteiger partial charge in [-0.1, -0.05) is 18.2 Å². The molecular weight excluding hydrogens is 539 g/mol. The SMILES string of the molecule is COCCN1C[C@@H](CC(=O)Cc2c(C)c(-c3cnc4c(c3)OCCN4)nn2-c2ccccc2)[C@H](c2ccnc(F)c2)O1. The van der Waals surface area contributed by atoms with Crippen molar-refractivity contribution in [3.63, 3.8) is 0 Å². The molecule has 3 aromatic heterocycles. The Morgan fingerprint density at radius 1 is 1.19 bits per heavy atom. The summed E-state index contributed by atoms with van der Waals surface area (Å²) < 4.78 is 26.9. The lowest BCUT2D eigenvalue weighted by Crippen LogP contribution is -2.24. The topological polar surface area (TPSA) is 104 Å². The number of carbonyl (C=O) groups is 1. The smallest absolute Gasteiger partial charge is 0.213 e. The van der Waals surface area contributed by atoms with Crippen LogP contribution in [0.1, 0.15) is 29.3 Å². The van der Waals surface area contributed by atoms with E-state index in [1.54, 1.807) is 24.4 Å². The summed E-state index contributed by atoms with van der Waals surface area (Å²) in [6.45, 7) is 4.81. The predicted octanol–water partition coefficient (Wildman–Crippen LogP) is 4.33. The molecule has 1 saturated heterocycles. The van der Waals surface area contributed by atoms with Crippen molar-refractivity contribution in [2.24, 2.45) is 5.92 Å². The molecule has 1 aromatic carbocycles. The molecule has 0 aliphatic carbocycles. The number of pyridine rings is 2. The number of ether oxygens (including phenoxy) is 2. The van der Waals surface area contributed by atoms with Gasteiger partial charge in [0.15, 0.2) is 11.6 Å². The number of hydrogen-bond acceptors (Lipinski definition) is 9. The first-order valence-electron chi connectivity index (χ1n) is 14.0. The summed E-state index contributed by atoms with van der Waals surface area (Å²) in [4.78, 5) is 28.1. The lowest BCUT2D eigenvalue weighted by molar-refractivity contribution is -0.155. The first kappa shape index (κ1) is 28.0. The monoisotopic (exact) mass is 572 g/mol. The van der Waals surface area contributed by atoms with Gasteiger partial charge < -0.3 is 14.8 Å². The quantitative estimate of drug-likeness (QED) is 0.278. The van der Waals surface area contributed by atoms with E-state index in [1.807, 2.05) is 48.0 Å². The molecule has 2 aliphatic rings.